The Morgan fingerprint density at radius 3 is 2.79 bits per heavy atom. The number of halogens is 2. The van der Waals surface area contributed by atoms with Crippen molar-refractivity contribution >= 4 is 22.7 Å². The summed E-state index contributed by atoms with van der Waals surface area (Å²) < 4.78 is 32.9. The van der Waals surface area contributed by atoms with Crippen molar-refractivity contribution in [2.24, 2.45) is 0 Å². The zero-order chi connectivity index (χ0) is 19.8. The van der Waals surface area contributed by atoms with Gasteiger partial charge in [0.05, 0.1) is 5.69 Å². The standard InChI is InChI=1S/C21H17F2N3O2.H2/c1-11-8-15-12(2)26-28-18(15)9-14(11)13-6-7-19(24-10-13)25-21(27)20-16(22)4-3-5-17(20)23;/h4,6-10H,3,5H2,1-2H3,(H,24,25,27);1H. The average molecular weight is 383 g/mol. The molecule has 0 fully saturated rings. The van der Waals surface area contributed by atoms with E-state index >= 15 is 0 Å². The molecular weight excluding hydrogens is 364 g/mol. The van der Waals surface area contributed by atoms with Crippen LogP contribution in [-0.4, -0.2) is 16.0 Å². The third-order valence-corrected chi connectivity index (χ3v) is 4.74. The molecule has 1 aliphatic rings. The van der Waals surface area contributed by atoms with Crippen LogP contribution < -0.4 is 5.32 Å². The number of aryl methyl sites for hydroxylation is 2. The lowest BCUT2D eigenvalue weighted by Gasteiger charge is -2.12. The summed E-state index contributed by atoms with van der Waals surface area (Å²) in [5.41, 5.74) is 3.71. The Kier molecular flexibility index (Phi) is 4.50. The first-order chi connectivity index (χ1) is 13.4. The summed E-state index contributed by atoms with van der Waals surface area (Å²) in [6, 6.07) is 7.26. The number of benzene rings is 1. The van der Waals surface area contributed by atoms with Crippen LogP contribution in [0.3, 0.4) is 0 Å². The third-order valence-electron chi connectivity index (χ3n) is 4.74. The van der Waals surface area contributed by atoms with Gasteiger partial charge < -0.3 is 9.84 Å². The fourth-order valence-corrected chi connectivity index (χ4v) is 3.24. The van der Waals surface area contributed by atoms with E-state index in [9.17, 15) is 13.6 Å². The Balaban J connectivity index is 0.00000240. The molecule has 28 heavy (non-hydrogen) atoms. The maximum Gasteiger partial charge on any atom is 0.262 e. The van der Waals surface area contributed by atoms with Gasteiger partial charge in [0.15, 0.2) is 5.58 Å². The van der Waals surface area contributed by atoms with Crippen LogP contribution in [0.1, 0.15) is 25.5 Å². The molecule has 0 bridgehead atoms. The van der Waals surface area contributed by atoms with Gasteiger partial charge >= 0.3 is 0 Å². The highest BCUT2D eigenvalue weighted by molar-refractivity contribution is 6.06. The molecule has 1 N–H and O–H groups in total. The van der Waals surface area contributed by atoms with Gasteiger partial charge in [-0.2, -0.15) is 0 Å². The Bertz CT molecular complexity index is 1150. The van der Waals surface area contributed by atoms with Crippen molar-refractivity contribution in [1.82, 2.24) is 10.1 Å². The zero-order valence-corrected chi connectivity index (χ0v) is 15.3. The minimum absolute atomic E-state index is 0. The summed E-state index contributed by atoms with van der Waals surface area (Å²) in [7, 11) is 0. The lowest BCUT2D eigenvalue weighted by atomic mass is 10.00. The fraction of sp³-hybridized carbons (Fsp3) is 0.190. The molecule has 0 aliphatic heterocycles. The first-order valence-corrected chi connectivity index (χ1v) is 8.83. The smallest absolute Gasteiger partial charge is 0.262 e. The number of carbonyl (C=O) groups excluding carboxylic acids is 1. The Hall–Kier alpha value is -3.35. The lowest BCUT2D eigenvalue weighted by Crippen LogP contribution is -2.18. The van der Waals surface area contributed by atoms with Gasteiger partial charge in [0.2, 0.25) is 0 Å². The molecular formula is C21H19F2N3O2. The quantitative estimate of drug-likeness (QED) is 0.643. The Morgan fingerprint density at radius 1 is 1.25 bits per heavy atom. The molecule has 0 saturated heterocycles. The number of nitrogens with zero attached hydrogens (tertiary/aromatic N) is 2. The van der Waals surface area contributed by atoms with E-state index in [4.69, 9.17) is 4.52 Å². The number of anilines is 1. The summed E-state index contributed by atoms with van der Waals surface area (Å²) in [6.45, 7) is 3.86. The van der Waals surface area contributed by atoms with Crippen LogP contribution in [0.25, 0.3) is 22.1 Å². The van der Waals surface area contributed by atoms with E-state index in [0.29, 0.717) is 5.58 Å². The molecule has 0 unspecified atom stereocenters. The molecule has 1 aliphatic carbocycles. The van der Waals surface area contributed by atoms with Crippen molar-refractivity contribution in [2.75, 3.05) is 5.32 Å². The first kappa shape index (κ1) is 18.0. The minimum Gasteiger partial charge on any atom is -0.356 e. The third kappa shape index (κ3) is 3.19. The van der Waals surface area contributed by atoms with E-state index in [2.05, 4.69) is 15.5 Å². The molecule has 1 aromatic carbocycles. The Morgan fingerprint density at radius 2 is 2.07 bits per heavy atom. The van der Waals surface area contributed by atoms with Crippen molar-refractivity contribution in [3.63, 3.8) is 0 Å². The van der Waals surface area contributed by atoms with Crippen molar-refractivity contribution in [3.05, 3.63) is 65.0 Å². The number of amides is 1. The van der Waals surface area contributed by atoms with Crippen LogP contribution in [-0.2, 0) is 4.79 Å². The molecule has 2 heterocycles. The fourth-order valence-electron chi connectivity index (χ4n) is 3.24. The van der Waals surface area contributed by atoms with Crippen LogP contribution in [0.4, 0.5) is 14.6 Å². The molecule has 0 atom stereocenters. The van der Waals surface area contributed by atoms with Gasteiger partial charge in [-0.1, -0.05) is 5.16 Å². The maximum absolute atomic E-state index is 13.8. The lowest BCUT2D eigenvalue weighted by molar-refractivity contribution is -0.112. The van der Waals surface area contributed by atoms with E-state index in [1.807, 2.05) is 26.0 Å². The van der Waals surface area contributed by atoms with Gasteiger partial charge in [-0.05, 0) is 61.7 Å². The van der Waals surface area contributed by atoms with Crippen LogP contribution in [0.15, 0.2) is 58.3 Å². The number of hydrogen-bond acceptors (Lipinski definition) is 4. The highest BCUT2D eigenvalue weighted by Gasteiger charge is 2.23. The van der Waals surface area contributed by atoms with Crippen molar-refractivity contribution in [1.29, 1.82) is 0 Å². The molecule has 144 valence electrons. The predicted octanol–water partition coefficient (Wildman–Crippen LogP) is 5.56. The number of rotatable bonds is 3. The number of fused-ring (bicyclic) bond motifs is 1. The second kappa shape index (κ2) is 6.99. The molecule has 4 rings (SSSR count). The van der Waals surface area contributed by atoms with Gasteiger partial charge in [-0.15, -0.1) is 0 Å². The van der Waals surface area contributed by atoms with Crippen LogP contribution in [0.5, 0.6) is 0 Å². The molecule has 2 aromatic heterocycles. The number of hydrogen-bond donors (Lipinski definition) is 1. The second-order valence-corrected chi connectivity index (χ2v) is 6.69. The van der Waals surface area contributed by atoms with Crippen LogP contribution >= 0.6 is 0 Å². The molecule has 0 saturated carbocycles. The number of allylic oxidation sites excluding steroid dienone is 2. The van der Waals surface area contributed by atoms with Crippen LogP contribution in [0.2, 0.25) is 0 Å². The minimum atomic E-state index is -0.846. The normalized spacial score (nSPS) is 14.4. The molecule has 1 amide bonds. The SMILES string of the molecule is Cc1cc2c(C)noc2cc1-c1ccc(NC(=O)C2=C(F)CCC=C2F)nc1.[HH]. The molecule has 3 aromatic rings. The van der Waals surface area contributed by atoms with E-state index in [0.717, 1.165) is 27.8 Å². The van der Waals surface area contributed by atoms with Gasteiger partial charge in [-0.25, -0.2) is 13.8 Å². The Labute approximate surface area is 161 Å². The monoisotopic (exact) mass is 383 g/mol. The van der Waals surface area contributed by atoms with E-state index in [-0.39, 0.29) is 20.1 Å². The van der Waals surface area contributed by atoms with Crippen molar-refractivity contribution < 1.29 is 19.5 Å². The summed E-state index contributed by atoms with van der Waals surface area (Å²) in [5, 5.41) is 7.36. The number of aromatic nitrogens is 2. The summed E-state index contributed by atoms with van der Waals surface area (Å²) in [6.07, 6.45) is 3.06. The highest BCUT2D eigenvalue weighted by Crippen LogP contribution is 2.31. The predicted molar refractivity (Wildman–Crippen MR) is 104 cm³/mol. The number of pyridine rings is 1. The number of nitrogens with one attached hydrogen (secondary N) is 1. The van der Waals surface area contributed by atoms with E-state index < -0.39 is 23.1 Å². The first-order valence-electron chi connectivity index (χ1n) is 8.83. The van der Waals surface area contributed by atoms with Gasteiger partial charge in [0.25, 0.3) is 5.91 Å². The summed E-state index contributed by atoms with van der Waals surface area (Å²) in [4.78, 5) is 16.4. The molecule has 0 radical (unpaired) electrons. The second-order valence-electron chi connectivity index (χ2n) is 6.69. The number of carbonyl (C=O) groups is 1. The van der Waals surface area contributed by atoms with Gasteiger partial charge in [0.1, 0.15) is 23.0 Å². The zero-order valence-electron chi connectivity index (χ0n) is 15.3. The van der Waals surface area contributed by atoms with Crippen molar-refractivity contribution in [3.8, 4) is 11.1 Å². The van der Waals surface area contributed by atoms with Gasteiger partial charge in [0, 0.05) is 25.0 Å². The van der Waals surface area contributed by atoms with Gasteiger partial charge in [-0.3, -0.25) is 4.79 Å². The molecule has 0 spiro atoms. The largest absolute Gasteiger partial charge is 0.356 e. The topological polar surface area (TPSA) is 68.0 Å². The van der Waals surface area contributed by atoms with E-state index in [1.54, 1.807) is 18.3 Å². The summed E-state index contributed by atoms with van der Waals surface area (Å²) >= 11 is 0. The highest BCUT2D eigenvalue weighted by atomic mass is 19.1. The maximum atomic E-state index is 13.8. The molecule has 5 nitrogen and oxygen atoms in total. The average Bonchev–Trinajstić information content (AvgIpc) is 3.02. The molecule has 7 heteroatoms. The van der Waals surface area contributed by atoms with Crippen molar-refractivity contribution in [2.45, 2.75) is 26.7 Å². The van der Waals surface area contributed by atoms with Crippen LogP contribution in [0, 0.1) is 13.8 Å². The van der Waals surface area contributed by atoms with E-state index in [1.165, 1.54) is 6.08 Å². The summed E-state index contributed by atoms with van der Waals surface area (Å²) in [5.74, 6) is -2.23.